The molecule has 5 heteroatoms. The Morgan fingerprint density at radius 1 is 1.08 bits per heavy atom. The highest BCUT2D eigenvalue weighted by Crippen LogP contribution is 2.43. The summed E-state index contributed by atoms with van der Waals surface area (Å²) in [6.07, 6.45) is 2.37. The smallest absolute Gasteiger partial charge is 0.232 e. The van der Waals surface area contributed by atoms with Crippen LogP contribution in [0.4, 0.5) is 0 Å². The Balaban J connectivity index is 1.45. The molecule has 0 spiro atoms. The predicted octanol–water partition coefficient (Wildman–Crippen LogP) is 3.05. The molecule has 0 atom stereocenters. The minimum atomic E-state index is -0.371. The zero-order valence-corrected chi connectivity index (χ0v) is 14.6. The molecule has 134 valence electrons. The Bertz CT molecular complexity index is 788. The molecule has 1 fully saturated rings. The summed E-state index contributed by atoms with van der Waals surface area (Å²) in [4.78, 5) is 26.5. The fraction of sp³-hybridized carbons (Fsp3) is 0.333. The molecule has 26 heavy (non-hydrogen) atoms. The molecule has 0 bridgehead atoms. The van der Waals surface area contributed by atoms with Crippen LogP contribution < -0.4 is 10.1 Å². The van der Waals surface area contributed by atoms with Crippen molar-refractivity contribution in [1.29, 1.82) is 0 Å². The van der Waals surface area contributed by atoms with E-state index in [1.54, 1.807) is 0 Å². The Labute approximate surface area is 153 Å². The molecule has 1 N–H and O–H groups in total. The average Bonchev–Trinajstić information content (AvgIpc) is 3.08. The first kappa shape index (κ1) is 16.6. The third-order valence-electron chi connectivity index (χ3n) is 5.02. The van der Waals surface area contributed by atoms with Crippen LogP contribution in [-0.4, -0.2) is 36.3 Å². The second-order valence-corrected chi connectivity index (χ2v) is 6.74. The van der Waals surface area contributed by atoms with E-state index in [0.717, 1.165) is 42.0 Å². The summed E-state index contributed by atoms with van der Waals surface area (Å²) in [5.41, 5.74) is 1.77. The Kier molecular flexibility index (Phi) is 4.61. The van der Waals surface area contributed by atoms with Crippen LogP contribution in [-0.2, 0) is 9.59 Å². The van der Waals surface area contributed by atoms with Crippen LogP contribution in [0, 0.1) is 0 Å². The number of carbonyl (C=O) groups excluding carboxylic acids is 2. The molecule has 0 aromatic heterocycles. The van der Waals surface area contributed by atoms with Crippen LogP contribution in [0.25, 0.3) is 0 Å². The molecule has 2 heterocycles. The van der Waals surface area contributed by atoms with Gasteiger partial charge in [-0.25, -0.2) is 0 Å². The van der Waals surface area contributed by atoms with Crippen LogP contribution >= 0.6 is 0 Å². The van der Waals surface area contributed by atoms with Gasteiger partial charge in [0, 0.05) is 37.2 Å². The molecule has 2 amide bonds. The van der Waals surface area contributed by atoms with Gasteiger partial charge in [0.15, 0.2) is 0 Å². The normalized spacial score (nSPS) is 16.0. The second-order valence-electron chi connectivity index (χ2n) is 6.74. The van der Waals surface area contributed by atoms with Crippen molar-refractivity contribution in [3.05, 3.63) is 59.7 Å². The minimum Gasteiger partial charge on any atom is -0.457 e. The first-order valence-corrected chi connectivity index (χ1v) is 9.15. The highest BCUT2D eigenvalue weighted by Gasteiger charge is 2.32. The molecule has 2 aliphatic heterocycles. The van der Waals surface area contributed by atoms with Gasteiger partial charge in [-0.05, 0) is 25.0 Å². The summed E-state index contributed by atoms with van der Waals surface area (Å²) in [6.45, 7) is 2.11. The second kappa shape index (κ2) is 7.20. The molecule has 2 aromatic rings. The van der Waals surface area contributed by atoms with Crippen molar-refractivity contribution in [3.63, 3.8) is 0 Å². The Morgan fingerprint density at radius 3 is 2.35 bits per heavy atom. The van der Waals surface area contributed by atoms with E-state index in [4.69, 9.17) is 4.74 Å². The number of fused-ring (bicyclic) bond motifs is 2. The van der Waals surface area contributed by atoms with Crippen molar-refractivity contribution in [2.45, 2.75) is 25.2 Å². The van der Waals surface area contributed by atoms with E-state index in [1.165, 1.54) is 0 Å². The standard InChI is InChI=1S/C21H22N2O3/c24-19-11-5-13-23(19)14-6-12-22-21(25)20-15-7-1-3-9-17(15)26-18-10-4-2-8-16(18)20/h1-4,7-10,20H,5-6,11-14H2,(H,22,25). The Hall–Kier alpha value is -2.82. The maximum Gasteiger partial charge on any atom is 0.232 e. The van der Waals surface area contributed by atoms with E-state index in [9.17, 15) is 9.59 Å². The van der Waals surface area contributed by atoms with Gasteiger partial charge in [0.25, 0.3) is 0 Å². The van der Waals surface area contributed by atoms with E-state index in [2.05, 4.69) is 5.32 Å². The van der Waals surface area contributed by atoms with Crippen LogP contribution in [0.3, 0.4) is 0 Å². The van der Waals surface area contributed by atoms with Gasteiger partial charge in [0.1, 0.15) is 11.5 Å². The number of amides is 2. The number of nitrogens with zero attached hydrogens (tertiary/aromatic N) is 1. The summed E-state index contributed by atoms with van der Waals surface area (Å²) in [6, 6.07) is 15.3. The molecule has 2 aliphatic rings. The third-order valence-corrected chi connectivity index (χ3v) is 5.02. The van der Waals surface area contributed by atoms with Crippen LogP contribution in [0.15, 0.2) is 48.5 Å². The molecule has 4 rings (SSSR count). The first-order chi connectivity index (χ1) is 12.7. The fourth-order valence-corrected chi connectivity index (χ4v) is 3.72. The van der Waals surface area contributed by atoms with Gasteiger partial charge < -0.3 is 15.0 Å². The van der Waals surface area contributed by atoms with Gasteiger partial charge in [-0.2, -0.15) is 0 Å². The lowest BCUT2D eigenvalue weighted by molar-refractivity contribution is -0.127. The number of carbonyl (C=O) groups is 2. The lowest BCUT2D eigenvalue weighted by atomic mass is 9.87. The zero-order valence-electron chi connectivity index (χ0n) is 14.6. The van der Waals surface area contributed by atoms with Crippen LogP contribution in [0.5, 0.6) is 11.5 Å². The largest absolute Gasteiger partial charge is 0.457 e. The third kappa shape index (κ3) is 3.17. The monoisotopic (exact) mass is 350 g/mol. The number of hydrogen-bond acceptors (Lipinski definition) is 3. The highest BCUT2D eigenvalue weighted by atomic mass is 16.5. The van der Waals surface area contributed by atoms with Crippen molar-refractivity contribution < 1.29 is 14.3 Å². The lowest BCUT2D eigenvalue weighted by Gasteiger charge is -2.27. The van der Waals surface area contributed by atoms with Gasteiger partial charge in [-0.3, -0.25) is 9.59 Å². The average molecular weight is 350 g/mol. The molecule has 0 saturated carbocycles. The summed E-state index contributed by atoms with van der Waals surface area (Å²) >= 11 is 0. The molecule has 1 saturated heterocycles. The van der Waals surface area contributed by atoms with Gasteiger partial charge in [0.2, 0.25) is 11.8 Å². The topological polar surface area (TPSA) is 58.6 Å². The molecule has 5 nitrogen and oxygen atoms in total. The summed E-state index contributed by atoms with van der Waals surface area (Å²) in [7, 11) is 0. The number of ether oxygens (including phenoxy) is 1. The van der Waals surface area contributed by atoms with Gasteiger partial charge >= 0.3 is 0 Å². The van der Waals surface area contributed by atoms with E-state index >= 15 is 0 Å². The predicted molar refractivity (Wildman–Crippen MR) is 98.2 cm³/mol. The van der Waals surface area contributed by atoms with E-state index in [0.29, 0.717) is 19.5 Å². The number of nitrogens with one attached hydrogen (secondary N) is 1. The highest BCUT2D eigenvalue weighted by molar-refractivity contribution is 5.89. The quantitative estimate of drug-likeness (QED) is 0.843. The number of hydrogen-bond donors (Lipinski definition) is 1. The van der Waals surface area contributed by atoms with E-state index < -0.39 is 0 Å². The maximum atomic E-state index is 12.9. The first-order valence-electron chi connectivity index (χ1n) is 9.15. The van der Waals surface area contributed by atoms with Crippen molar-refractivity contribution >= 4 is 11.8 Å². The van der Waals surface area contributed by atoms with Gasteiger partial charge in [0.05, 0.1) is 5.92 Å². The molecular formula is C21H22N2O3. The van der Waals surface area contributed by atoms with Gasteiger partial charge in [-0.15, -0.1) is 0 Å². The molecule has 2 aromatic carbocycles. The lowest BCUT2D eigenvalue weighted by Crippen LogP contribution is -2.34. The fourth-order valence-electron chi connectivity index (χ4n) is 3.72. The molecular weight excluding hydrogens is 328 g/mol. The number of para-hydroxylation sites is 2. The number of rotatable bonds is 5. The Morgan fingerprint density at radius 2 is 1.73 bits per heavy atom. The van der Waals surface area contributed by atoms with Crippen LogP contribution in [0.2, 0.25) is 0 Å². The summed E-state index contributed by atoms with van der Waals surface area (Å²) < 4.78 is 5.94. The number of likely N-dealkylation sites (tertiary alicyclic amines) is 1. The summed E-state index contributed by atoms with van der Waals surface area (Å²) in [5, 5.41) is 3.04. The SMILES string of the molecule is O=C(NCCCN1CCCC1=O)C1c2ccccc2Oc2ccccc21. The molecule has 0 radical (unpaired) electrons. The van der Waals surface area contributed by atoms with E-state index in [-0.39, 0.29) is 17.7 Å². The van der Waals surface area contributed by atoms with E-state index in [1.807, 2.05) is 53.4 Å². The number of benzene rings is 2. The minimum absolute atomic E-state index is 0.0269. The summed E-state index contributed by atoms with van der Waals surface area (Å²) in [5.74, 6) is 1.29. The molecule has 0 unspecified atom stereocenters. The molecule has 0 aliphatic carbocycles. The zero-order chi connectivity index (χ0) is 17.9. The van der Waals surface area contributed by atoms with Crippen LogP contribution in [0.1, 0.15) is 36.3 Å². The maximum absolute atomic E-state index is 12.9. The van der Waals surface area contributed by atoms with Crippen molar-refractivity contribution in [3.8, 4) is 11.5 Å². The van der Waals surface area contributed by atoms with Crippen molar-refractivity contribution in [2.75, 3.05) is 19.6 Å². The van der Waals surface area contributed by atoms with Crippen molar-refractivity contribution in [1.82, 2.24) is 10.2 Å². The van der Waals surface area contributed by atoms with Gasteiger partial charge in [-0.1, -0.05) is 36.4 Å². The van der Waals surface area contributed by atoms with Crippen molar-refractivity contribution in [2.24, 2.45) is 0 Å².